The summed E-state index contributed by atoms with van der Waals surface area (Å²) in [6.45, 7) is 0.420. The minimum atomic E-state index is -5.04. The molecule has 2 heterocycles. The number of methoxy groups -OCH3 is 2. The maximum atomic E-state index is 12.9. The van der Waals surface area contributed by atoms with Gasteiger partial charge in [0, 0.05) is 31.6 Å². The van der Waals surface area contributed by atoms with Crippen LogP contribution in [0.5, 0.6) is 0 Å². The van der Waals surface area contributed by atoms with Gasteiger partial charge in [-0.2, -0.15) is 13.2 Å². The maximum absolute atomic E-state index is 12.9. The number of Topliss-reactive ketones (excluding diaryl/α,β-unsaturated/α-hetero) is 1. The molecule has 2 aromatic rings. The fourth-order valence-corrected chi connectivity index (χ4v) is 3.62. The first-order valence-corrected chi connectivity index (χ1v) is 9.66. The van der Waals surface area contributed by atoms with Gasteiger partial charge in [0.25, 0.3) is 5.78 Å². The van der Waals surface area contributed by atoms with E-state index in [2.05, 4.69) is 4.98 Å². The average molecular weight is 450 g/mol. The molecule has 0 unspecified atom stereocenters. The highest BCUT2D eigenvalue weighted by atomic mass is 19.4. The van der Waals surface area contributed by atoms with E-state index in [9.17, 15) is 27.6 Å². The van der Waals surface area contributed by atoms with Gasteiger partial charge >= 0.3 is 18.1 Å². The lowest BCUT2D eigenvalue weighted by atomic mass is 9.98. The molecule has 3 rings (SSSR count). The summed E-state index contributed by atoms with van der Waals surface area (Å²) in [5, 5.41) is 0. The molecular formula is C22H21F3N2O5. The van der Waals surface area contributed by atoms with E-state index in [-0.39, 0.29) is 37.2 Å². The number of ketones is 1. The van der Waals surface area contributed by atoms with Crippen molar-refractivity contribution in [1.29, 1.82) is 0 Å². The van der Waals surface area contributed by atoms with Crippen molar-refractivity contribution in [2.75, 3.05) is 20.8 Å². The summed E-state index contributed by atoms with van der Waals surface area (Å²) in [4.78, 5) is 41.2. The van der Waals surface area contributed by atoms with Crippen molar-refractivity contribution in [3.05, 3.63) is 70.2 Å². The minimum Gasteiger partial charge on any atom is -0.466 e. The number of aromatic nitrogens is 1. The summed E-state index contributed by atoms with van der Waals surface area (Å²) in [6, 6.07) is 10.2. The van der Waals surface area contributed by atoms with Crippen LogP contribution in [-0.4, -0.2) is 54.5 Å². The minimum absolute atomic E-state index is 0.0289. The summed E-state index contributed by atoms with van der Waals surface area (Å²) in [6.07, 6.45) is -5.04. The van der Waals surface area contributed by atoms with Gasteiger partial charge in [-0.1, -0.05) is 30.3 Å². The molecule has 1 aliphatic heterocycles. The van der Waals surface area contributed by atoms with Crippen molar-refractivity contribution < 1.29 is 37.0 Å². The standard InChI is InChI=1S/C22H21F3N2O5/c1-31-20(29)15-10-14-11-17(19(28)22(23,24)25)26-16(14)8-9-27(18(15)21(30)32-2)12-13-6-4-3-5-7-13/h3-7,11,26H,8-10,12H2,1-2H3/b18-15+. The predicted molar refractivity (Wildman–Crippen MR) is 106 cm³/mol. The number of aromatic amines is 1. The SMILES string of the molecule is COC(=O)/C1=C(\C(=O)OC)N(Cc2ccccc2)CCc2[nH]c(C(=O)C(F)(F)F)cc2C1. The Labute approximate surface area is 181 Å². The zero-order valence-electron chi connectivity index (χ0n) is 17.4. The second-order valence-electron chi connectivity index (χ2n) is 7.16. The first-order chi connectivity index (χ1) is 15.2. The normalized spacial score (nSPS) is 16.6. The summed E-state index contributed by atoms with van der Waals surface area (Å²) in [5.74, 6) is -3.60. The fraction of sp³-hybridized carbons (Fsp3) is 0.318. The van der Waals surface area contributed by atoms with Gasteiger partial charge in [-0.3, -0.25) is 4.79 Å². The Bertz CT molecular complexity index is 1060. The van der Waals surface area contributed by atoms with Crippen LogP contribution in [0.4, 0.5) is 13.2 Å². The lowest BCUT2D eigenvalue weighted by Gasteiger charge is -2.29. The van der Waals surface area contributed by atoms with Crippen LogP contribution >= 0.6 is 0 Å². The van der Waals surface area contributed by atoms with E-state index in [4.69, 9.17) is 9.47 Å². The van der Waals surface area contributed by atoms with Crippen molar-refractivity contribution in [2.45, 2.75) is 25.6 Å². The number of nitrogens with one attached hydrogen (secondary N) is 1. The molecular weight excluding hydrogens is 429 g/mol. The van der Waals surface area contributed by atoms with Crippen LogP contribution in [0.25, 0.3) is 0 Å². The third-order valence-corrected chi connectivity index (χ3v) is 5.12. The average Bonchev–Trinajstić information content (AvgIpc) is 3.16. The lowest BCUT2D eigenvalue weighted by Crippen LogP contribution is -2.34. The van der Waals surface area contributed by atoms with Crippen LogP contribution in [0.2, 0.25) is 0 Å². The molecule has 0 fully saturated rings. The van der Waals surface area contributed by atoms with E-state index >= 15 is 0 Å². The zero-order valence-corrected chi connectivity index (χ0v) is 17.4. The highest BCUT2D eigenvalue weighted by Crippen LogP contribution is 2.29. The number of carbonyl (C=O) groups is 3. The molecule has 0 spiro atoms. The topological polar surface area (TPSA) is 88.7 Å². The van der Waals surface area contributed by atoms with Gasteiger partial charge in [0.15, 0.2) is 0 Å². The number of halogens is 3. The molecule has 0 atom stereocenters. The highest BCUT2D eigenvalue weighted by molar-refractivity contribution is 6.01. The van der Waals surface area contributed by atoms with Crippen LogP contribution in [0.3, 0.4) is 0 Å². The number of esters is 2. The van der Waals surface area contributed by atoms with Crippen LogP contribution in [-0.2, 0) is 38.4 Å². The zero-order chi connectivity index (χ0) is 23.5. The predicted octanol–water partition coefficient (Wildman–Crippen LogP) is 2.96. The van der Waals surface area contributed by atoms with E-state index in [1.165, 1.54) is 7.11 Å². The second kappa shape index (κ2) is 9.29. The monoisotopic (exact) mass is 450 g/mol. The quantitative estimate of drug-likeness (QED) is 0.557. The first kappa shape index (κ1) is 23.1. The van der Waals surface area contributed by atoms with Gasteiger partial charge in [-0.15, -0.1) is 0 Å². The van der Waals surface area contributed by atoms with Crippen molar-refractivity contribution >= 4 is 17.7 Å². The molecule has 0 saturated heterocycles. The number of alkyl halides is 3. The molecule has 7 nitrogen and oxygen atoms in total. The van der Waals surface area contributed by atoms with Crippen LogP contribution in [0.1, 0.15) is 27.3 Å². The van der Waals surface area contributed by atoms with Crippen molar-refractivity contribution in [1.82, 2.24) is 9.88 Å². The van der Waals surface area contributed by atoms with E-state index < -0.39 is 29.6 Å². The Morgan fingerprint density at radius 3 is 2.31 bits per heavy atom. The van der Waals surface area contributed by atoms with Gasteiger partial charge in [0.1, 0.15) is 5.70 Å². The van der Waals surface area contributed by atoms with Gasteiger partial charge < -0.3 is 19.4 Å². The Morgan fingerprint density at radius 1 is 1.06 bits per heavy atom. The number of hydrogen-bond acceptors (Lipinski definition) is 6. The molecule has 1 aliphatic rings. The van der Waals surface area contributed by atoms with E-state index in [1.807, 2.05) is 30.3 Å². The number of rotatable bonds is 5. The number of benzene rings is 1. The van der Waals surface area contributed by atoms with Gasteiger partial charge in [-0.05, 0) is 17.2 Å². The Hall–Kier alpha value is -3.56. The summed E-state index contributed by atoms with van der Waals surface area (Å²) < 4.78 is 48.5. The van der Waals surface area contributed by atoms with Gasteiger partial charge in [0.2, 0.25) is 0 Å². The molecule has 1 aromatic carbocycles. The van der Waals surface area contributed by atoms with Crippen LogP contribution in [0.15, 0.2) is 47.7 Å². The molecule has 10 heteroatoms. The molecule has 0 aliphatic carbocycles. The number of nitrogens with zero attached hydrogens (tertiary/aromatic N) is 1. The number of hydrogen-bond donors (Lipinski definition) is 1. The smallest absolute Gasteiger partial charge is 0.456 e. The number of carbonyl (C=O) groups excluding carboxylic acids is 3. The Balaban J connectivity index is 2.11. The molecule has 0 saturated carbocycles. The molecule has 0 radical (unpaired) electrons. The second-order valence-corrected chi connectivity index (χ2v) is 7.16. The third-order valence-electron chi connectivity index (χ3n) is 5.12. The molecule has 1 N–H and O–H groups in total. The highest BCUT2D eigenvalue weighted by Gasteiger charge is 2.41. The van der Waals surface area contributed by atoms with Gasteiger partial charge in [0.05, 0.1) is 25.5 Å². The molecule has 0 bridgehead atoms. The van der Waals surface area contributed by atoms with Crippen molar-refractivity contribution in [3.63, 3.8) is 0 Å². The largest absolute Gasteiger partial charge is 0.466 e. The third kappa shape index (κ3) is 4.84. The fourth-order valence-electron chi connectivity index (χ4n) is 3.62. The number of ether oxygens (including phenoxy) is 2. The molecule has 1 aromatic heterocycles. The van der Waals surface area contributed by atoms with Gasteiger partial charge in [-0.25, -0.2) is 9.59 Å². The molecule has 170 valence electrons. The summed E-state index contributed by atoms with van der Waals surface area (Å²) >= 11 is 0. The summed E-state index contributed by atoms with van der Waals surface area (Å²) in [7, 11) is 2.31. The summed E-state index contributed by atoms with van der Waals surface area (Å²) in [5.41, 5.74) is 0.806. The molecule has 0 amide bonds. The van der Waals surface area contributed by atoms with Crippen molar-refractivity contribution in [2.24, 2.45) is 0 Å². The van der Waals surface area contributed by atoms with E-state index in [0.29, 0.717) is 11.3 Å². The van der Waals surface area contributed by atoms with Crippen molar-refractivity contribution in [3.8, 4) is 0 Å². The molecule has 32 heavy (non-hydrogen) atoms. The van der Waals surface area contributed by atoms with E-state index in [1.54, 1.807) is 4.90 Å². The Morgan fingerprint density at radius 2 is 1.72 bits per heavy atom. The Kier molecular flexibility index (Phi) is 6.71. The van der Waals surface area contributed by atoms with Crippen LogP contribution in [0, 0.1) is 0 Å². The van der Waals surface area contributed by atoms with Crippen LogP contribution < -0.4 is 0 Å². The maximum Gasteiger partial charge on any atom is 0.456 e. The van der Waals surface area contributed by atoms with E-state index in [0.717, 1.165) is 18.7 Å². The lowest BCUT2D eigenvalue weighted by molar-refractivity contribution is -0.141. The number of fused-ring (bicyclic) bond motifs is 1. The number of H-pyrrole nitrogens is 1. The first-order valence-electron chi connectivity index (χ1n) is 9.66.